The molecule has 6 nitrogen and oxygen atoms in total. The van der Waals surface area contributed by atoms with Crippen molar-refractivity contribution in [3.8, 4) is 5.75 Å². The van der Waals surface area contributed by atoms with Crippen LogP contribution >= 0.6 is 46.0 Å². The number of aromatic hydroxyl groups is 1. The average Bonchev–Trinajstić information content (AvgIpc) is 2.91. The summed E-state index contributed by atoms with van der Waals surface area (Å²) < 4.78 is 0.539. The maximum Gasteiger partial charge on any atom is 0.342 e. The zero-order valence-corrected chi connectivity index (χ0v) is 15.0. The number of aromatic nitrogens is 3. The van der Waals surface area contributed by atoms with Crippen molar-refractivity contribution in [3.63, 3.8) is 0 Å². The maximum absolute atomic E-state index is 11.4. The highest BCUT2D eigenvalue weighted by Crippen LogP contribution is 2.33. The van der Waals surface area contributed by atoms with E-state index in [2.05, 4.69) is 15.2 Å². The molecule has 0 bridgehead atoms. The number of carbonyl (C=O) groups is 1. The maximum atomic E-state index is 11.4. The topological polar surface area (TPSA) is 99.1 Å². The molecule has 0 radical (unpaired) electrons. The standard InChI is InChI=1S/C13H11ClIN3O3S/c1-2-10-16-13(18-17-10)22-9(12(20)21)4-6-3-7(14)5-8(15)11(6)19/h3-5,19H,2H2,1H3,(H,20,21)(H,16,17,18)/b9-4-. The van der Waals surface area contributed by atoms with Gasteiger partial charge in [0.25, 0.3) is 0 Å². The number of nitrogens with one attached hydrogen (secondary N) is 1. The zero-order valence-electron chi connectivity index (χ0n) is 11.3. The summed E-state index contributed by atoms with van der Waals surface area (Å²) in [5.74, 6) is -0.483. The van der Waals surface area contributed by atoms with Crippen LogP contribution in [0.5, 0.6) is 5.75 Å². The lowest BCUT2D eigenvalue weighted by molar-refractivity contribution is -0.131. The second-order valence-electron chi connectivity index (χ2n) is 4.16. The molecule has 116 valence electrons. The Kier molecular flexibility index (Phi) is 5.70. The predicted octanol–water partition coefficient (Wildman–Crippen LogP) is 3.55. The first-order valence-electron chi connectivity index (χ1n) is 6.12. The first-order valence-corrected chi connectivity index (χ1v) is 8.40. The number of phenolic OH excluding ortho intramolecular Hbond substituents is 1. The van der Waals surface area contributed by atoms with E-state index in [-0.39, 0.29) is 10.7 Å². The number of hydrogen-bond donors (Lipinski definition) is 3. The Morgan fingerprint density at radius 3 is 2.86 bits per heavy atom. The van der Waals surface area contributed by atoms with Gasteiger partial charge in [-0.25, -0.2) is 9.78 Å². The average molecular weight is 452 g/mol. The van der Waals surface area contributed by atoms with Gasteiger partial charge in [0, 0.05) is 17.0 Å². The lowest BCUT2D eigenvalue weighted by atomic mass is 10.2. The van der Waals surface area contributed by atoms with Crippen LogP contribution in [0.15, 0.2) is 22.2 Å². The molecule has 0 amide bonds. The number of nitrogens with zero attached hydrogens (tertiary/aromatic N) is 2. The third-order valence-electron chi connectivity index (χ3n) is 2.60. The van der Waals surface area contributed by atoms with Crippen molar-refractivity contribution in [2.75, 3.05) is 0 Å². The third-order valence-corrected chi connectivity index (χ3v) is 4.52. The minimum Gasteiger partial charge on any atom is -0.506 e. The van der Waals surface area contributed by atoms with Crippen molar-refractivity contribution in [3.05, 3.63) is 37.0 Å². The molecule has 0 saturated heterocycles. The number of aromatic amines is 1. The van der Waals surface area contributed by atoms with E-state index in [4.69, 9.17) is 11.6 Å². The highest BCUT2D eigenvalue weighted by Gasteiger charge is 2.15. The van der Waals surface area contributed by atoms with E-state index in [0.29, 0.717) is 31.6 Å². The number of benzene rings is 1. The van der Waals surface area contributed by atoms with Gasteiger partial charge in [-0.3, -0.25) is 5.10 Å². The summed E-state index contributed by atoms with van der Waals surface area (Å²) in [5.41, 5.74) is 0.327. The fourth-order valence-electron chi connectivity index (χ4n) is 1.55. The molecule has 9 heteroatoms. The number of aryl methyl sites for hydroxylation is 1. The summed E-state index contributed by atoms with van der Waals surface area (Å²) in [5, 5.41) is 26.7. The van der Waals surface area contributed by atoms with Gasteiger partial charge in [0.2, 0.25) is 5.16 Å². The molecule has 0 fully saturated rings. The van der Waals surface area contributed by atoms with E-state index >= 15 is 0 Å². The van der Waals surface area contributed by atoms with Crippen LogP contribution in [0.1, 0.15) is 18.3 Å². The molecular weight excluding hydrogens is 441 g/mol. The number of hydrogen-bond acceptors (Lipinski definition) is 5. The van der Waals surface area contributed by atoms with Gasteiger partial charge >= 0.3 is 5.97 Å². The second-order valence-corrected chi connectivity index (χ2v) is 6.77. The van der Waals surface area contributed by atoms with Gasteiger partial charge in [0.15, 0.2) is 0 Å². The van der Waals surface area contributed by atoms with Gasteiger partial charge in [-0.05, 0) is 52.6 Å². The molecule has 0 aliphatic carbocycles. The number of thioether (sulfide) groups is 1. The number of phenols is 1. The lowest BCUT2D eigenvalue weighted by Crippen LogP contribution is -1.97. The SMILES string of the molecule is CCc1nc(S/C(=C\c2cc(Cl)cc(I)c2O)C(=O)O)n[nH]1. The van der Waals surface area contributed by atoms with Gasteiger partial charge in [0.1, 0.15) is 16.5 Å². The number of halogens is 2. The smallest absolute Gasteiger partial charge is 0.342 e. The highest BCUT2D eigenvalue weighted by molar-refractivity contribution is 14.1. The van der Waals surface area contributed by atoms with E-state index in [1.54, 1.807) is 6.07 Å². The summed E-state index contributed by atoms with van der Waals surface area (Å²) in [6.07, 6.45) is 2.02. The van der Waals surface area contributed by atoms with Crippen LogP contribution in [0.4, 0.5) is 0 Å². The molecule has 0 saturated carbocycles. The summed E-state index contributed by atoms with van der Waals surface area (Å²) in [7, 11) is 0. The molecule has 2 rings (SSSR count). The fraction of sp³-hybridized carbons (Fsp3) is 0.154. The highest BCUT2D eigenvalue weighted by atomic mass is 127. The van der Waals surface area contributed by atoms with Crippen LogP contribution in [0.25, 0.3) is 6.08 Å². The molecule has 1 heterocycles. The Labute approximate surface area is 149 Å². The predicted molar refractivity (Wildman–Crippen MR) is 93.1 cm³/mol. The Hall–Kier alpha value is -1.26. The number of H-pyrrole nitrogens is 1. The Morgan fingerprint density at radius 1 is 1.55 bits per heavy atom. The number of carboxylic acid groups (broad SMARTS) is 1. The molecule has 0 aliphatic rings. The van der Waals surface area contributed by atoms with Crippen LogP contribution < -0.4 is 0 Å². The molecule has 0 spiro atoms. The monoisotopic (exact) mass is 451 g/mol. The van der Waals surface area contributed by atoms with Crippen molar-refractivity contribution in [2.24, 2.45) is 0 Å². The lowest BCUT2D eigenvalue weighted by Gasteiger charge is -2.05. The molecule has 1 aromatic carbocycles. The van der Waals surface area contributed by atoms with E-state index in [9.17, 15) is 15.0 Å². The Balaban J connectivity index is 2.37. The van der Waals surface area contributed by atoms with Crippen molar-refractivity contribution < 1.29 is 15.0 Å². The quantitative estimate of drug-likeness (QED) is 0.365. The normalized spacial score (nSPS) is 11.7. The summed E-state index contributed by atoms with van der Waals surface area (Å²) in [4.78, 5) is 15.5. The van der Waals surface area contributed by atoms with E-state index in [1.165, 1.54) is 12.1 Å². The molecule has 0 atom stereocenters. The summed E-state index contributed by atoms with van der Waals surface area (Å²) in [6, 6.07) is 3.09. The summed E-state index contributed by atoms with van der Waals surface area (Å²) in [6.45, 7) is 1.91. The van der Waals surface area contributed by atoms with Gasteiger partial charge in [-0.1, -0.05) is 18.5 Å². The van der Waals surface area contributed by atoms with Gasteiger partial charge in [-0.15, -0.1) is 5.10 Å². The van der Waals surface area contributed by atoms with E-state index in [1.807, 2.05) is 29.5 Å². The van der Waals surface area contributed by atoms with Gasteiger partial charge in [0.05, 0.1) is 3.57 Å². The second kappa shape index (κ2) is 7.34. The van der Waals surface area contributed by atoms with Gasteiger partial charge < -0.3 is 10.2 Å². The van der Waals surface area contributed by atoms with E-state index < -0.39 is 5.97 Å². The Bertz CT molecular complexity index is 748. The fourth-order valence-corrected chi connectivity index (χ4v) is 3.33. The minimum absolute atomic E-state index is 0.0185. The van der Waals surface area contributed by atoms with Gasteiger partial charge in [-0.2, -0.15) is 0 Å². The van der Waals surface area contributed by atoms with E-state index in [0.717, 1.165) is 11.8 Å². The minimum atomic E-state index is -1.14. The largest absolute Gasteiger partial charge is 0.506 e. The third kappa shape index (κ3) is 4.14. The zero-order chi connectivity index (χ0) is 16.3. The van der Waals surface area contributed by atoms with Crippen LogP contribution in [-0.4, -0.2) is 31.4 Å². The molecule has 3 N–H and O–H groups in total. The number of carboxylic acids is 1. The van der Waals surface area contributed by atoms with Crippen molar-refractivity contribution in [1.82, 2.24) is 15.2 Å². The summed E-state index contributed by atoms with van der Waals surface area (Å²) >= 11 is 8.76. The Morgan fingerprint density at radius 2 is 2.27 bits per heavy atom. The van der Waals surface area contributed by atoms with Crippen LogP contribution in [0.2, 0.25) is 5.02 Å². The number of aliphatic carboxylic acids is 1. The van der Waals surface area contributed by atoms with Crippen molar-refractivity contribution in [1.29, 1.82) is 0 Å². The molecule has 2 aromatic rings. The molecule has 1 aromatic heterocycles. The van der Waals surface area contributed by atoms with Crippen LogP contribution in [0.3, 0.4) is 0 Å². The number of rotatable bonds is 5. The van der Waals surface area contributed by atoms with Crippen molar-refractivity contribution in [2.45, 2.75) is 18.5 Å². The molecular formula is C13H11ClIN3O3S. The first-order chi connectivity index (χ1) is 10.4. The van der Waals surface area contributed by atoms with Crippen molar-refractivity contribution >= 4 is 58.0 Å². The molecule has 22 heavy (non-hydrogen) atoms. The van der Waals surface area contributed by atoms with Crippen LogP contribution in [0, 0.1) is 3.57 Å². The molecule has 0 unspecified atom stereocenters. The van der Waals surface area contributed by atoms with Crippen LogP contribution in [-0.2, 0) is 11.2 Å². The molecule has 0 aliphatic heterocycles. The first kappa shape index (κ1) is 17.1.